The van der Waals surface area contributed by atoms with Crippen molar-refractivity contribution >= 4 is 49.6 Å². The first-order valence-electron chi connectivity index (χ1n) is 22.7. The topological polar surface area (TPSA) is 8.17 Å². The predicted molar refractivity (Wildman–Crippen MR) is 280 cm³/mol. The molecule has 66 heavy (non-hydrogen) atoms. The highest BCUT2D eigenvalue weighted by atomic mass is 15.1. The third-order valence-corrected chi connectivity index (χ3v) is 13.0. The molecule has 0 aliphatic rings. The predicted octanol–water partition coefficient (Wildman–Crippen LogP) is 17.7. The molecule has 11 aromatic carbocycles. The van der Waals surface area contributed by atoms with Gasteiger partial charge in [-0.05, 0) is 133 Å². The molecule has 0 aliphatic heterocycles. The molecule has 1 heterocycles. The fourth-order valence-electron chi connectivity index (χ4n) is 9.79. The second kappa shape index (κ2) is 16.8. The molecule has 310 valence electrons. The molecule has 0 amide bonds. The van der Waals surface area contributed by atoms with Gasteiger partial charge in [-0.15, -0.1) is 0 Å². The SMILES string of the molecule is c1ccc(-c2ccc(N(c3ccc(-c4ccc(-c5cccc6ccccc56)cc4)cc3)c3cccc(-c4cc(-c5ccccc5)cc5c4c4ccccc4n5-c4ccccc4)c3)cc2)cc1. The van der Waals surface area contributed by atoms with E-state index in [-0.39, 0.29) is 0 Å². The van der Waals surface area contributed by atoms with Crippen LogP contribution < -0.4 is 4.90 Å². The summed E-state index contributed by atoms with van der Waals surface area (Å²) in [5, 5.41) is 4.99. The average Bonchev–Trinajstić information content (AvgIpc) is 3.74. The van der Waals surface area contributed by atoms with E-state index >= 15 is 0 Å². The maximum Gasteiger partial charge on any atom is 0.0553 e. The zero-order valence-electron chi connectivity index (χ0n) is 36.3. The number of hydrogen-bond acceptors (Lipinski definition) is 1. The monoisotopic (exact) mass is 840 g/mol. The van der Waals surface area contributed by atoms with Gasteiger partial charge in [-0.2, -0.15) is 0 Å². The molecule has 0 saturated heterocycles. The van der Waals surface area contributed by atoms with Crippen LogP contribution in [-0.2, 0) is 0 Å². The lowest BCUT2D eigenvalue weighted by Crippen LogP contribution is -2.10. The summed E-state index contributed by atoms with van der Waals surface area (Å²) in [6.45, 7) is 0. The van der Waals surface area contributed by atoms with Gasteiger partial charge >= 0.3 is 0 Å². The molecule has 2 heteroatoms. The number of nitrogens with zero attached hydrogens (tertiary/aromatic N) is 2. The van der Waals surface area contributed by atoms with E-state index in [1.807, 2.05) is 0 Å². The molecule has 0 atom stereocenters. The quantitative estimate of drug-likeness (QED) is 0.141. The van der Waals surface area contributed by atoms with Gasteiger partial charge in [-0.3, -0.25) is 0 Å². The summed E-state index contributed by atoms with van der Waals surface area (Å²) in [4.78, 5) is 2.39. The van der Waals surface area contributed by atoms with Crippen LogP contribution in [0.3, 0.4) is 0 Å². The highest BCUT2D eigenvalue weighted by Gasteiger charge is 2.20. The first-order valence-corrected chi connectivity index (χ1v) is 22.7. The van der Waals surface area contributed by atoms with Crippen molar-refractivity contribution in [2.75, 3.05) is 4.90 Å². The molecule has 0 radical (unpaired) electrons. The number of hydrogen-bond donors (Lipinski definition) is 0. The summed E-state index contributed by atoms with van der Waals surface area (Å²) in [5.74, 6) is 0. The van der Waals surface area contributed by atoms with Crippen LogP contribution in [0.4, 0.5) is 17.1 Å². The Hall–Kier alpha value is -8.72. The van der Waals surface area contributed by atoms with Crippen molar-refractivity contribution in [2.45, 2.75) is 0 Å². The standard InChI is InChI=1S/C64H44N2/c1-4-16-45(17-5-1)48-34-38-55(39-35-48)65(56-40-36-49(37-41-56)47-30-32-51(33-31-47)59-28-15-21-50-20-10-11-26-58(50)59)57-25-14-22-52(42-57)61-43-53(46-18-6-2-7-19-46)44-63-64(61)60-27-12-13-29-62(60)66(63)54-23-8-3-9-24-54/h1-44H. The molecule has 0 saturated carbocycles. The Bertz CT molecular complexity index is 3640. The number of aromatic nitrogens is 1. The van der Waals surface area contributed by atoms with Crippen molar-refractivity contribution in [1.82, 2.24) is 4.57 Å². The van der Waals surface area contributed by atoms with E-state index in [4.69, 9.17) is 0 Å². The van der Waals surface area contributed by atoms with Crippen molar-refractivity contribution < 1.29 is 0 Å². The number of rotatable bonds is 9. The molecular formula is C64H44N2. The third kappa shape index (κ3) is 7.12. The highest BCUT2D eigenvalue weighted by Crippen LogP contribution is 2.44. The van der Waals surface area contributed by atoms with Gasteiger partial charge in [0.25, 0.3) is 0 Å². The summed E-state index contributed by atoms with van der Waals surface area (Å²) in [5.41, 5.74) is 18.7. The van der Waals surface area contributed by atoms with Crippen molar-refractivity contribution in [1.29, 1.82) is 0 Å². The van der Waals surface area contributed by atoms with Crippen LogP contribution in [0.1, 0.15) is 0 Å². The fourth-order valence-corrected chi connectivity index (χ4v) is 9.79. The van der Waals surface area contributed by atoms with Crippen molar-refractivity contribution in [3.05, 3.63) is 267 Å². The van der Waals surface area contributed by atoms with Crippen LogP contribution in [0.5, 0.6) is 0 Å². The highest BCUT2D eigenvalue weighted by molar-refractivity contribution is 6.17. The molecule has 0 aliphatic carbocycles. The zero-order valence-corrected chi connectivity index (χ0v) is 36.3. The Balaban J connectivity index is 0.987. The largest absolute Gasteiger partial charge is 0.310 e. The van der Waals surface area contributed by atoms with Crippen LogP contribution in [0.15, 0.2) is 267 Å². The van der Waals surface area contributed by atoms with Crippen LogP contribution in [-0.4, -0.2) is 4.57 Å². The first-order chi connectivity index (χ1) is 32.7. The van der Waals surface area contributed by atoms with Crippen molar-refractivity contribution in [3.8, 4) is 61.3 Å². The van der Waals surface area contributed by atoms with Crippen LogP contribution >= 0.6 is 0 Å². The molecule has 0 N–H and O–H groups in total. The van der Waals surface area contributed by atoms with E-state index in [0.29, 0.717) is 0 Å². The number of fused-ring (bicyclic) bond motifs is 4. The van der Waals surface area contributed by atoms with Crippen LogP contribution in [0.2, 0.25) is 0 Å². The average molecular weight is 841 g/mol. The zero-order chi connectivity index (χ0) is 43.8. The van der Waals surface area contributed by atoms with Crippen LogP contribution in [0.25, 0.3) is 93.9 Å². The van der Waals surface area contributed by atoms with Crippen LogP contribution in [0, 0.1) is 0 Å². The molecular weight excluding hydrogens is 797 g/mol. The molecule has 12 rings (SSSR count). The van der Waals surface area contributed by atoms with Gasteiger partial charge in [0.1, 0.15) is 0 Å². The smallest absolute Gasteiger partial charge is 0.0553 e. The summed E-state index contributed by atoms with van der Waals surface area (Å²) in [6, 6.07) is 96.9. The molecule has 1 aromatic heterocycles. The summed E-state index contributed by atoms with van der Waals surface area (Å²) in [6.07, 6.45) is 0. The minimum atomic E-state index is 1.08. The lowest BCUT2D eigenvalue weighted by molar-refractivity contribution is 1.18. The van der Waals surface area contributed by atoms with E-state index in [1.54, 1.807) is 0 Å². The lowest BCUT2D eigenvalue weighted by atomic mass is 9.94. The van der Waals surface area contributed by atoms with Gasteiger partial charge in [0.15, 0.2) is 0 Å². The number of para-hydroxylation sites is 2. The van der Waals surface area contributed by atoms with Crippen molar-refractivity contribution in [2.24, 2.45) is 0 Å². The van der Waals surface area contributed by atoms with Gasteiger partial charge in [-0.25, -0.2) is 0 Å². The van der Waals surface area contributed by atoms with Gasteiger partial charge in [0.2, 0.25) is 0 Å². The van der Waals surface area contributed by atoms with Gasteiger partial charge in [0.05, 0.1) is 11.0 Å². The summed E-state index contributed by atoms with van der Waals surface area (Å²) in [7, 11) is 0. The maximum absolute atomic E-state index is 2.42. The minimum Gasteiger partial charge on any atom is -0.310 e. The summed E-state index contributed by atoms with van der Waals surface area (Å²) >= 11 is 0. The molecule has 12 aromatic rings. The van der Waals surface area contributed by atoms with E-state index in [9.17, 15) is 0 Å². The Morgan fingerprint density at radius 2 is 0.742 bits per heavy atom. The van der Waals surface area contributed by atoms with E-state index in [0.717, 1.165) is 28.3 Å². The van der Waals surface area contributed by atoms with Gasteiger partial charge in [-0.1, -0.05) is 200 Å². The molecule has 2 nitrogen and oxygen atoms in total. The lowest BCUT2D eigenvalue weighted by Gasteiger charge is -2.26. The Morgan fingerprint density at radius 1 is 0.258 bits per heavy atom. The maximum atomic E-state index is 2.42. The Labute approximate surface area is 385 Å². The van der Waals surface area contributed by atoms with Crippen molar-refractivity contribution in [3.63, 3.8) is 0 Å². The molecule has 0 unspecified atom stereocenters. The van der Waals surface area contributed by atoms with E-state index in [1.165, 1.54) is 82.6 Å². The third-order valence-electron chi connectivity index (χ3n) is 13.0. The molecule has 0 bridgehead atoms. The van der Waals surface area contributed by atoms with E-state index in [2.05, 4.69) is 276 Å². The fraction of sp³-hybridized carbons (Fsp3) is 0. The minimum absolute atomic E-state index is 1.08. The molecule has 0 fully saturated rings. The summed E-state index contributed by atoms with van der Waals surface area (Å²) < 4.78 is 2.42. The molecule has 0 spiro atoms. The Morgan fingerprint density at radius 3 is 1.41 bits per heavy atom. The van der Waals surface area contributed by atoms with Gasteiger partial charge < -0.3 is 9.47 Å². The van der Waals surface area contributed by atoms with Gasteiger partial charge in [0, 0.05) is 33.5 Å². The second-order valence-corrected chi connectivity index (χ2v) is 16.9. The first kappa shape index (κ1) is 38.9. The number of anilines is 3. The van der Waals surface area contributed by atoms with E-state index < -0.39 is 0 Å². The second-order valence-electron chi connectivity index (χ2n) is 16.9. The number of benzene rings is 11. The Kier molecular flexibility index (Phi) is 9.89. The normalized spacial score (nSPS) is 11.3.